The molecule has 66 valence electrons. The van der Waals surface area contributed by atoms with E-state index in [2.05, 4.69) is 11.9 Å². The van der Waals surface area contributed by atoms with Crippen molar-refractivity contribution >= 4 is 11.3 Å². The van der Waals surface area contributed by atoms with Crippen LogP contribution in [0.4, 0.5) is 0 Å². The topological polar surface area (TPSA) is 38.9 Å². The standard InChI is InChI=1S/C9H14N2S/c1-9(2-3-9)8(10)4-7-5-11-6-12-7/h5-6,8H,2-4,10H2,1H3. The van der Waals surface area contributed by atoms with E-state index in [0.717, 1.165) is 6.42 Å². The van der Waals surface area contributed by atoms with Crippen molar-refractivity contribution in [2.24, 2.45) is 11.1 Å². The van der Waals surface area contributed by atoms with E-state index in [1.54, 1.807) is 11.3 Å². The highest BCUT2D eigenvalue weighted by Gasteiger charge is 2.42. The van der Waals surface area contributed by atoms with Gasteiger partial charge in [0, 0.05) is 17.1 Å². The van der Waals surface area contributed by atoms with Crippen molar-refractivity contribution in [1.29, 1.82) is 0 Å². The van der Waals surface area contributed by atoms with E-state index in [9.17, 15) is 0 Å². The summed E-state index contributed by atoms with van der Waals surface area (Å²) in [6.45, 7) is 2.28. The Morgan fingerprint density at radius 1 is 1.75 bits per heavy atom. The van der Waals surface area contributed by atoms with Crippen molar-refractivity contribution in [2.75, 3.05) is 0 Å². The van der Waals surface area contributed by atoms with Gasteiger partial charge < -0.3 is 5.73 Å². The predicted molar refractivity (Wildman–Crippen MR) is 51.1 cm³/mol. The molecule has 1 heterocycles. The van der Waals surface area contributed by atoms with Gasteiger partial charge in [0.15, 0.2) is 0 Å². The summed E-state index contributed by atoms with van der Waals surface area (Å²) in [6, 6.07) is 0.331. The molecule has 1 unspecified atom stereocenters. The number of hydrogen-bond acceptors (Lipinski definition) is 3. The fourth-order valence-corrected chi connectivity index (χ4v) is 2.03. The maximum absolute atomic E-state index is 6.08. The van der Waals surface area contributed by atoms with Gasteiger partial charge in [0.25, 0.3) is 0 Å². The maximum atomic E-state index is 6.08. The molecule has 0 aromatic carbocycles. The Bertz CT molecular complexity index is 252. The number of aromatic nitrogens is 1. The minimum atomic E-state index is 0.331. The van der Waals surface area contributed by atoms with Crippen LogP contribution in [0.15, 0.2) is 11.7 Å². The minimum absolute atomic E-state index is 0.331. The molecular formula is C9H14N2S. The van der Waals surface area contributed by atoms with Crippen molar-refractivity contribution in [2.45, 2.75) is 32.2 Å². The van der Waals surface area contributed by atoms with E-state index in [4.69, 9.17) is 5.73 Å². The summed E-state index contributed by atoms with van der Waals surface area (Å²) in [6.07, 6.45) is 5.53. The van der Waals surface area contributed by atoms with Crippen LogP contribution in [0, 0.1) is 5.41 Å². The summed E-state index contributed by atoms with van der Waals surface area (Å²) in [7, 11) is 0. The molecule has 0 bridgehead atoms. The molecule has 3 heteroatoms. The van der Waals surface area contributed by atoms with E-state index in [1.165, 1.54) is 17.7 Å². The second-order valence-corrected chi connectivity index (χ2v) is 4.90. The highest BCUT2D eigenvalue weighted by atomic mass is 32.1. The first-order valence-corrected chi connectivity index (χ1v) is 5.22. The lowest BCUT2D eigenvalue weighted by molar-refractivity contribution is 0.435. The van der Waals surface area contributed by atoms with E-state index in [-0.39, 0.29) is 0 Å². The monoisotopic (exact) mass is 182 g/mol. The van der Waals surface area contributed by atoms with Crippen LogP contribution in [0.25, 0.3) is 0 Å². The molecule has 1 aliphatic carbocycles. The van der Waals surface area contributed by atoms with Gasteiger partial charge in [-0.05, 0) is 24.7 Å². The van der Waals surface area contributed by atoms with Crippen molar-refractivity contribution in [3.63, 3.8) is 0 Å². The number of nitrogens with zero attached hydrogens (tertiary/aromatic N) is 1. The zero-order valence-corrected chi connectivity index (χ0v) is 8.10. The van der Waals surface area contributed by atoms with Gasteiger partial charge in [-0.15, -0.1) is 11.3 Å². The smallest absolute Gasteiger partial charge is 0.0794 e. The molecular weight excluding hydrogens is 168 g/mol. The van der Waals surface area contributed by atoms with Crippen molar-refractivity contribution in [3.8, 4) is 0 Å². The van der Waals surface area contributed by atoms with Crippen LogP contribution in [0.2, 0.25) is 0 Å². The van der Waals surface area contributed by atoms with Crippen LogP contribution < -0.4 is 5.73 Å². The number of rotatable bonds is 3. The fourth-order valence-electron chi connectivity index (χ4n) is 1.37. The van der Waals surface area contributed by atoms with Crippen molar-refractivity contribution < 1.29 is 0 Å². The minimum Gasteiger partial charge on any atom is -0.327 e. The van der Waals surface area contributed by atoms with Gasteiger partial charge >= 0.3 is 0 Å². The molecule has 0 saturated heterocycles. The lowest BCUT2D eigenvalue weighted by atomic mass is 9.96. The van der Waals surface area contributed by atoms with Gasteiger partial charge in [-0.1, -0.05) is 6.92 Å². The van der Waals surface area contributed by atoms with E-state index >= 15 is 0 Å². The van der Waals surface area contributed by atoms with Crippen molar-refractivity contribution in [3.05, 3.63) is 16.6 Å². The van der Waals surface area contributed by atoms with Crippen LogP contribution >= 0.6 is 11.3 Å². The molecule has 2 rings (SSSR count). The normalized spacial score (nSPS) is 22.2. The van der Waals surface area contributed by atoms with Crippen LogP contribution in [0.5, 0.6) is 0 Å². The average Bonchev–Trinajstić information content (AvgIpc) is 2.63. The Morgan fingerprint density at radius 3 is 3.00 bits per heavy atom. The lowest BCUT2D eigenvalue weighted by Gasteiger charge is -2.17. The Hall–Kier alpha value is -0.410. The molecule has 12 heavy (non-hydrogen) atoms. The predicted octanol–water partition coefficient (Wildman–Crippen LogP) is 1.81. The van der Waals surface area contributed by atoms with Gasteiger partial charge in [0.05, 0.1) is 5.51 Å². The lowest BCUT2D eigenvalue weighted by Crippen LogP contribution is -2.31. The Kier molecular flexibility index (Phi) is 1.93. The first-order valence-electron chi connectivity index (χ1n) is 4.34. The molecule has 0 radical (unpaired) electrons. The van der Waals surface area contributed by atoms with E-state index in [0.29, 0.717) is 11.5 Å². The number of nitrogens with two attached hydrogens (primary N) is 1. The largest absolute Gasteiger partial charge is 0.327 e. The summed E-state index contributed by atoms with van der Waals surface area (Å²) in [4.78, 5) is 5.36. The summed E-state index contributed by atoms with van der Waals surface area (Å²) in [5.74, 6) is 0. The van der Waals surface area contributed by atoms with Crippen LogP contribution in [0.3, 0.4) is 0 Å². The molecule has 0 spiro atoms. The van der Waals surface area contributed by atoms with Gasteiger partial charge in [0.1, 0.15) is 0 Å². The number of hydrogen-bond donors (Lipinski definition) is 1. The quantitative estimate of drug-likeness (QED) is 0.774. The second-order valence-electron chi connectivity index (χ2n) is 3.93. The molecule has 2 N–H and O–H groups in total. The molecule has 1 saturated carbocycles. The molecule has 1 aromatic heterocycles. The third-order valence-corrected chi connectivity index (χ3v) is 3.64. The Morgan fingerprint density at radius 2 is 2.50 bits per heavy atom. The Balaban J connectivity index is 1.95. The molecule has 0 amide bonds. The van der Waals surface area contributed by atoms with E-state index in [1.807, 2.05) is 11.7 Å². The molecule has 1 aromatic rings. The highest BCUT2D eigenvalue weighted by Crippen LogP contribution is 2.48. The zero-order chi connectivity index (χ0) is 8.60. The Labute approximate surface area is 76.8 Å². The summed E-state index contributed by atoms with van der Waals surface area (Å²) in [5.41, 5.74) is 8.39. The number of thiazole rings is 1. The molecule has 1 fully saturated rings. The summed E-state index contributed by atoms with van der Waals surface area (Å²) in [5, 5.41) is 0. The molecule has 1 atom stereocenters. The van der Waals surface area contributed by atoms with Gasteiger partial charge in [0.2, 0.25) is 0 Å². The average molecular weight is 182 g/mol. The third-order valence-electron chi connectivity index (χ3n) is 2.84. The maximum Gasteiger partial charge on any atom is 0.0794 e. The highest BCUT2D eigenvalue weighted by molar-refractivity contribution is 7.09. The van der Waals surface area contributed by atoms with Gasteiger partial charge in [-0.25, -0.2) is 0 Å². The molecule has 0 aliphatic heterocycles. The van der Waals surface area contributed by atoms with Crippen LogP contribution in [-0.2, 0) is 6.42 Å². The van der Waals surface area contributed by atoms with Crippen LogP contribution in [-0.4, -0.2) is 11.0 Å². The van der Waals surface area contributed by atoms with Gasteiger partial charge in [-0.2, -0.15) is 0 Å². The van der Waals surface area contributed by atoms with Crippen molar-refractivity contribution in [1.82, 2.24) is 4.98 Å². The first-order chi connectivity index (χ1) is 5.71. The summed E-state index contributed by atoms with van der Waals surface area (Å²) < 4.78 is 0. The fraction of sp³-hybridized carbons (Fsp3) is 0.667. The van der Waals surface area contributed by atoms with E-state index < -0.39 is 0 Å². The van der Waals surface area contributed by atoms with Crippen LogP contribution in [0.1, 0.15) is 24.6 Å². The second kappa shape index (κ2) is 2.82. The third kappa shape index (κ3) is 1.52. The SMILES string of the molecule is CC1(C(N)Cc2cncs2)CC1. The van der Waals surface area contributed by atoms with Gasteiger partial charge in [-0.3, -0.25) is 4.98 Å². The molecule has 1 aliphatic rings. The zero-order valence-electron chi connectivity index (χ0n) is 7.29. The summed E-state index contributed by atoms with van der Waals surface area (Å²) >= 11 is 1.70. The molecule has 2 nitrogen and oxygen atoms in total. The first kappa shape index (κ1) is 8.20.